The molecule has 1 N–H and O–H groups in total. The van der Waals surface area contributed by atoms with Gasteiger partial charge in [-0.3, -0.25) is 4.79 Å². The molecule has 1 aliphatic carbocycles. The highest BCUT2D eigenvalue weighted by Crippen LogP contribution is 2.47. The molecule has 1 aliphatic rings. The second-order valence-electron chi connectivity index (χ2n) is 5.19. The van der Waals surface area contributed by atoms with Crippen molar-refractivity contribution in [2.24, 2.45) is 17.3 Å². The van der Waals surface area contributed by atoms with Gasteiger partial charge in [0.15, 0.2) is 0 Å². The first-order valence-corrected chi connectivity index (χ1v) is 5.73. The Kier molecular flexibility index (Phi) is 3.77. The second kappa shape index (κ2) is 4.52. The van der Waals surface area contributed by atoms with Crippen LogP contribution in [0.3, 0.4) is 0 Å². The van der Waals surface area contributed by atoms with E-state index in [0.29, 0.717) is 13.0 Å². The smallest absolute Gasteiger partial charge is 0.306 e. The van der Waals surface area contributed by atoms with Crippen molar-refractivity contribution >= 4 is 5.97 Å². The van der Waals surface area contributed by atoms with Gasteiger partial charge >= 0.3 is 5.97 Å². The number of aliphatic hydroxyl groups is 1. The number of aliphatic hydroxyl groups excluding tert-OH is 1. The van der Waals surface area contributed by atoms with Gasteiger partial charge in [0.1, 0.15) is 0 Å². The van der Waals surface area contributed by atoms with E-state index in [2.05, 4.69) is 0 Å². The third kappa shape index (κ3) is 2.51. The third-order valence-corrected chi connectivity index (χ3v) is 3.73. The lowest BCUT2D eigenvalue weighted by Gasteiger charge is -2.30. The summed E-state index contributed by atoms with van der Waals surface area (Å²) >= 11 is 0. The lowest BCUT2D eigenvalue weighted by molar-refractivity contribution is -0.145. The molecule has 0 amide bonds. The minimum Gasteiger partial charge on any atom is -0.466 e. The average Bonchev–Trinajstić information content (AvgIpc) is 2.31. The largest absolute Gasteiger partial charge is 0.466 e. The van der Waals surface area contributed by atoms with E-state index in [1.165, 1.54) is 0 Å². The van der Waals surface area contributed by atoms with Crippen LogP contribution in [0.4, 0.5) is 0 Å². The van der Waals surface area contributed by atoms with Gasteiger partial charge in [0.2, 0.25) is 0 Å². The van der Waals surface area contributed by atoms with E-state index in [4.69, 9.17) is 4.74 Å². The summed E-state index contributed by atoms with van der Waals surface area (Å²) in [5.74, 6) is 0.373. The van der Waals surface area contributed by atoms with Crippen LogP contribution in [0.25, 0.3) is 0 Å². The van der Waals surface area contributed by atoms with Gasteiger partial charge in [0.25, 0.3) is 0 Å². The third-order valence-electron chi connectivity index (χ3n) is 3.73. The molecule has 0 aromatic heterocycles. The molecule has 1 saturated carbocycles. The average molecular weight is 214 g/mol. The highest BCUT2D eigenvalue weighted by Gasteiger charge is 2.47. The van der Waals surface area contributed by atoms with Crippen molar-refractivity contribution in [1.82, 2.24) is 0 Å². The van der Waals surface area contributed by atoms with Crippen LogP contribution in [0.2, 0.25) is 0 Å². The Balaban J connectivity index is 2.60. The zero-order valence-corrected chi connectivity index (χ0v) is 10.1. The predicted octanol–water partition coefficient (Wildman–Crippen LogP) is 1.98. The summed E-state index contributed by atoms with van der Waals surface area (Å²) in [6, 6.07) is 0. The van der Waals surface area contributed by atoms with Crippen molar-refractivity contribution in [1.29, 1.82) is 0 Å². The van der Waals surface area contributed by atoms with Crippen LogP contribution < -0.4 is 0 Å². The highest BCUT2D eigenvalue weighted by atomic mass is 16.5. The molecule has 88 valence electrons. The first-order valence-electron chi connectivity index (χ1n) is 5.73. The minimum atomic E-state index is -0.308. The highest BCUT2D eigenvalue weighted by molar-refractivity contribution is 5.69. The van der Waals surface area contributed by atoms with Crippen LogP contribution in [0, 0.1) is 17.3 Å². The number of ether oxygens (including phenoxy) is 1. The van der Waals surface area contributed by atoms with Crippen molar-refractivity contribution in [3.63, 3.8) is 0 Å². The van der Waals surface area contributed by atoms with Gasteiger partial charge in [-0.25, -0.2) is 0 Å². The minimum absolute atomic E-state index is 0.142. The van der Waals surface area contributed by atoms with E-state index in [1.807, 2.05) is 27.7 Å². The number of esters is 1. The summed E-state index contributed by atoms with van der Waals surface area (Å²) in [4.78, 5) is 11.4. The SMILES string of the molecule is CCOC(=O)C[C@H]1C[C@H](C)[C@H](O)C1(C)C. The molecule has 15 heavy (non-hydrogen) atoms. The first-order chi connectivity index (χ1) is 6.89. The number of carbonyl (C=O) groups excluding carboxylic acids is 1. The van der Waals surface area contributed by atoms with Crippen molar-refractivity contribution in [2.45, 2.75) is 46.6 Å². The van der Waals surface area contributed by atoms with E-state index < -0.39 is 0 Å². The maximum atomic E-state index is 11.4. The lowest BCUT2D eigenvalue weighted by Crippen LogP contribution is -2.32. The molecular weight excluding hydrogens is 192 g/mol. The molecule has 0 spiro atoms. The van der Waals surface area contributed by atoms with Crippen LogP contribution >= 0.6 is 0 Å². The molecule has 0 aromatic rings. The Bertz CT molecular complexity index is 235. The number of carbonyl (C=O) groups is 1. The normalized spacial score (nSPS) is 34.1. The first kappa shape index (κ1) is 12.5. The summed E-state index contributed by atoms with van der Waals surface area (Å²) < 4.78 is 4.95. The van der Waals surface area contributed by atoms with Gasteiger partial charge in [-0.05, 0) is 30.6 Å². The Morgan fingerprint density at radius 3 is 2.53 bits per heavy atom. The van der Waals surface area contributed by atoms with Crippen LogP contribution in [0.5, 0.6) is 0 Å². The molecule has 3 atom stereocenters. The molecule has 0 aromatic carbocycles. The molecule has 0 saturated heterocycles. The molecule has 0 heterocycles. The van der Waals surface area contributed by atoms with E-state index in [9.17, 15) is 9.90 Å². The van der Waals surface area contributed by atoms with Gasteiger partial charge in [-0.2, -0.15) is 0 Å². The topological polar surface area (TPSA) is 46.5 Å². The predicted molar refractivity (Wildman–Crippen MR) is 58.3 cm³/mol. The molecule has 1 fully saturated rings. The fraction of sp³-hybridized carbons (Fsp3) is 0.917. The van der Waals surface area contributed by atoms with Crippen LogP contribution in [0.15, 0.2) is 0 Å². The number of rotatable bonds is 3. The van der Waals surface area contributed by atoms with Crippen LogP contribution in [-0.2, 0) is 9.53 Å². The van der Waals surface area contributed by atoms with Gasteiger partial charge in [0.05, 0.1) is 12.7 Å². The van der Waals surface area contributed by atoms with Gasteiger partial charge in [-0.1, -0.05) is 20.8 Å². The lowest BCUT2D eigenvalue weighted by atomic mass is 9.78. The molecular formula is C12H22O3. The fourth-order valence-electron chi connectivity index (χ4n) is 2.62. The summed E-state index contributed by atoms with van der Waals surface area (Å²) in [6.45, 7) is 8.35. The van der Waals surface area contributed by atoms with E-state index in [1.54, 1.807) is 0 Å². The second-order valence-corrected chi connectivity index (χ2v) is 5.19. The standard InChI is InChI=1S/C12H22O3/c1-5-15-10(13)7-9-6-8(2)11(14)12(9,3)4/h8-9,11,14H,5-7H2,1-4H3/t8-,9+,11-/m0/s1. The molecule has 3 heteroatoms. The molecule has 0 aliphatic heterocycles. The Labute approximate surface area is 91.8 Å². The summed E-state index contributed by atoms with van der Waals surface area (Å²) in [7, 11) is 0. The Morgan fingerprint density at radius 1 is 1.53 bits per heavy atom. The molecule has 3 nitrogen and oxygen atoms in total. The van der Waals surface area contributed by atoms with Crippen molar-refractivity contribution in [3.05, 3.63) is 0 Å². The van der Waals surface area contributed by atoms with Crippen molar-refractivity contribution in [3.8, 4) is 0 Å². The monoisotopic (exact) mass is 214 g/mol. The molecule has 1 rings (SSSR count). The van der Waals surface area contributed by atoms with Gasteiger partial charge in [-0.15, -0.1) is 0 Å². The zero-order chi connectivity index (χ0) is 11.6. The van der Waals surface area contributed by atoms with Crippen molar-refractivity contribution < 1.29 is 14.6 Å². The van der Waals surface area contributed by atoms with E-state index >= 15 is 0 Å². The number of hydrogen-bond donors (Lipinski definition) is 1. The molecule has 0 bridgehead atoms. The zero-order valence-electron chi connectivity index (χ0n) is 10.1. The maximum absolute atomic E-state index is 11.4. The van der Waals surface area contributed by atoms with Crippen LogP contribution in [0.1, 0.15) is 40.5 Å². The van der Waals surface area contributed by atoms with Gasteiger partial charge in [0, 0.05) is 6.42 Å². The van der Waals surface area contributed by atoms with E-state index in [0.717, 1.165) is 6.42 Å². The van der Waals surface area contributed by atoms with Crippen molar-refractivity contribution in [2.75, 3.05) is 6.61 Å². The maximum Gasteiger partial charge on any atom is 0.306 e. The summed E-state index contributed by atoms with van der Waals surface area (Å²) in [5.41, 5.74) is -0.174. The van der Waals surface area contributed by atoms with Gasteiger partial charge < -0.3 is 9.84 Å². The van der Waals surface area contributed by atoms with Crippen LogP contribution in [-0.4, -0.2) is 23.8 Å². The summed E-state index contributed by atoms with van der Waals surface area (Å²) in [5, 5.41) is 9.99. The summed E-state index contributed by atoms with van der Waals surface area (Å²) in [6.07, 6.45) is 1.03. The molecule has 0 radical (unpaired) electrons. The quantitative estimate of drug-likeness (QED) is 0.731. The number of hydrogen-bond acceptors (Lipinski definition) is 3. The Morgan fingerprint density at radius 2 is 2.13 bits per heavy atom. The Hall–Kier alpha value is -0.570. The van der Waals surface area contributed by atoms with E-state index in [-0.39, 0.29) is 29.3 Å². The fourth-order valence-corrected chi connectivity index (χ4v) is 2.62. The molecule has 0 unspecified atom stereocenters.